The number of nitrogens with zero attached hydrogens (tertiary/aromatic N) is 3. The quantitative estimate of drug-likeness (QED) is 0.685. The summed E-state index contributed by atoms with van der Waals surface area (Å²) in [5.41, 5.74) is 1.29. The highest BCUT2D eigenvalue weighted by atomic mass is 16.3. The largest absolute Gasteiger partial charge is 0.455 e. The van der Waals surface area contributed by atoms with Crippen LogP contribution in [0.25, 0.3) is 10.5 Å². The smallest absolute Gasteiger partial charge is 0.262 e. The van der Waals surface area contributed by atoms with Crippen LogP contribution in [0.5, 0.6) is 0 Å². The maximum Gasteiger partial charge on any atom is 0.262 e. The van der Waals surface area contributed by atoms with E-state index in [9.17, 15) is 0 Å². The first-order valence-electron chi connectivity index (χ1n) is 4.37. The molecule has 0 bridgehead atoms. The third-order valence-corrected chi connectivity index (χ3v) is 1.63. The van der Waals surface area contributed by atoms with E-state index in [1.807, 2.05) is 21.0 Å². The molecule has 0 aliphatic heterocycles. The number of rotatable bonds is 3. The Bertz CT molecular complexity index is 371. The molecule has 1 aromatic heterocycles. The summed E-state index contributed by atoms with van der Waals surface area (Å²) in [6.45, 7) is 8.98. The van der Waals surface area contributed by atoms with E-state index in [0.29, 0.717) is 11.6 Å². The molecule has 1 heterocycles. The van der Waals surface area contributed by atoms with E-state index in [-0.39, 0.29) is 0 Å². The van der Waals surface area contributed by atoms with E-state index >= 15 is 0 Å². The van der Waals surface area contributed by atoms with Crippen LogP contribution in [-0.4, -0.2) is 24.0 Å². The minimum absolute atomic E-state index is 0.394. The van der Waals surface area contributed by atoms with Gasteiger partial charge in [0.05, 0.1) is 12.3 Å². The van der Waals surface area contributed by atoms with Gasteiger partial charge in [-0.25, -0.2) is 9.83 Å². The average molecular weight is 191 g/mol. The Morgan fingerprint density at radius 1 is 1.71 bits per heavy atom. The van der Waals surface area contributed by atoms with Crippen LogP contribution >= 0.6 is 0 Å². The molecule has 0 N–H and O–H groups in total. The molecule has 0 atom stereocenters. The molecule has 0 fully saturated rings. The predicted octanol–water partition coefficient (Wildman–Crippen LogP) is 2.02. The zero-order valence-corrected chi connectivity index (χ0v) is 8.61. The maximum atomic E-state index is 6.99. The van der Waals surface area contributed by atoms with Gasteiger partial charge < -0.3 is 9.32 Å². The molecule has 0 saturated carbocycles. The zero-order chi connectivity index (χ0) is 10.6. The lowest BCUT2D eigenvalue weighted by molar-refractivity contribution is 0.532. The first-order valence-corrected chi connectivity index (χ1v) is 4.37. The molecule has 14 heavy (non-hydrogen) atoms. The molecule has 0 aliphatic carbocycles. The fourth-order valence-electron chi connectivity index (χ4n) is 0.963. The van der Waals surface area contributed by atoms with Gasteiger partial charge in [0, 0.05) is 20.3 Å². The van der Waals surface area contributed by atoms with Crippen LogP contribution in [0.3, 0.4) is 0 Å². The average Bonchev–Trinajstić information content (AvgIpc) is 2.62. The first-order chi connectivity index (χ1) is 6.67. The third-order valence-electron chi connectivity index (χ3n) is 1.63. The fourth-order valence-corrected chi connectivity index (χ4v) is 0.963. The topological polar surface area (TPSA) is 33.6 Å². The van der Waals surface area contributed by atoms with Crippen molar-refractivity contribution in [3.05, 3.63) is 35.5 Å². The van der Waals surface area contributed by atoms with Crippen LogP contribution in [0.1, 0.15) is 18.5 Å². The lowest BCUT2D eigenvalue weighted by Gasteiger charge is -2.03. The van der Waals surface area contributed by atoms with E-state index in [0.717, 1.165) is 12.1 Å². The molecule has 1 rings (SSSR count). The molecule has 0 saturated heterocycles. The van der Waals surface area contributed by atoms with Gasteiger partial charge in [0.1, 0.15) is 6.26 Å². The van der Waals surface area contributed by atoms with Crippen molar-refractivity contribution >= 4 is 5.70 Å². The Balaban J connectivity index is 2.97. The van der Waals surface area contributed by atoms with Crippen molar-refractivity contribution in [1.29, 1.82) is 0 Å². The normalized spacial score (nSPS) is 11.1. The van der Waals surface area contributed by atoms with Crippen LogP contribution in [0.2, 0.25) is 0 Å². The first kappa shape index (κ1) is 10.3. The molecular weight excluding hydrogens is 178 g/mol. The summed E-state index contributed by atoms with van der Waals surface area (Å²) in [6, 6.07) is 0. The van der Waals surface area contributed by atoms with Crippen molar-refractivity contribution in [2.24, 2.45) is 0 Å². The van der Waals surface area contributed by atoms with E-state index in [4.69, 9.17) is 11.0 Å². The minimum atomic E-state index is 0.394. The second-order valence-corrected chi connectivity index (χ2v) is 3.09. The maximum absolute atomic E-state index is 6.99. The third kappa shape index (κ3) is 2.36. The van der Waals surface area contributed by atoms with Gasteiger partial charge in [-0.15, -0.1) is 0 Å². The molecule has 0 aromatic carbocycles. The van der Waals surface area contributed by atoms with Crippen molar-refractivity contribution in [3.8, 4) is 0 Å². The number of aromatic nitrogens is 1. The highest BCUT2D eigenvalue weighted by Crippen LogP contribution is 2.15. The molecular formula is C10H13N3O. The van der Waals surface area contributed by atoms with E-state index in [1.54, 1.807) is 17.4 Å². The molecule has 4 heteroatoms. The van der Waals surface area contributed by atoms with Gasteiger partial charge >= 0.3 is 0 Å². The molecule has 0 aliphatic rings. The SMILES string of the molecule is [C-]#[N+]/C(=C\N(C)C)c1nc(CC)co1. The number of hydrogen-bond donors (Lipinski definition) is 0. The van der Waals surface area contributed by atoms with Gasteiger partial charge in [0.15, 0.2) is 0 Å². The fraction of sp³-hybridized carbons (Fsp3) is 0.400. The van der Waals surface area contributed by atoms with Crippen molar-refractivity contribution in [2.45, 2.75) is 13.3 Å². The van der Waals surface area contributed by atoms with Crippen molar-refractivity contribution < 1.29 is 4.42 Å². The molecule has 4 nitrogen and oxygen atoms in total. The molecule has 1 aromatic rings. The Kier molecular flexibility index (Phi) is 3.29. The van der Waals surface area contributed by atoms with E-state index in [2.05, 4.69) is 9.83 Å². The highest BCUT2D eigenvalue weighted by molar-refractivity contribution is 5.64. The Labute approximate surface area is 83.7 Å². The number of aryl methyl sites for hydroxylation is 1. The second kappa shape index (κ2) is 4.47. The summed E-state index contributed by atoms with van der Waals surface area (Å²) in [7, 11) is 3.71. The zero-order valence-electron chi connectivity index (χ0n) is 8.61. The van der Waals surface area contributed by atoms with Crippen LogP contribution < -0.4 is 0 Å². The summed E-state index contributed by atoms with van der Waals surface area (Å²) >= 11 is 0. The van der Waals surface area contributed by atoms with Gasteiger partial charge in [0.2, 0.25) is 5.89 Å². The molecule has 0 amide bonds. The van der Waals surface area contributed by atoms with Crippen molar-refractivity contribution in [2.75, 3.05) is 14.1 Å². The van der Waals surface area contributed by atoms with Gasteiger partial charge in [-0.05, 0) is 6.42 Å². The monoisotopic (exact) mass is 191 g/mol. The van der Waals surface area contributed by atoms with Gasteiger partial charge in [-0.3, -0.25) is 0 Å². The van der Waals surface area contributed by atoms with E-state index < -0.39 is 0 Å². The predicted molar refractivity (Wildman–Crippen MR) is 54.1 cm³/mol. The van der Waals surface area contributed by atoms with Crippen LogP contribution in [0, 0.1) is 6.57 Å². The van der Waals surface area contributed by atoms with Gasteiger partial charge in [-0.1, -0.05) is 6.92 Å². The van der Waals surface area contributed by atoms with Crippen LogP contribution in [-0.2, 0) is 6.42 Å². The number of hydrogen-bond acceptors (Lipinski definition) is 3. The van der Waals surface area contributed by atoms with Crippen molar-refractivity contribution in [3.63, 3.8) is 0 Å². The van der Waals surface area contributed by atoms with Gasteiger partial charge in [0.25, 0.3) is 5.70 Å². The number of oxazole rings is 1. The lowest BCUT2D eigenvalue weighted by atomic mass is 10.4. The van der Waals surface area contributed by atoms with Gasteiger partial charge in [-0.2, -0.15) is 0 Å². The van der Waals surface area contributed by atoms with E-state index in [1.165, 1.54) is 0 Å². The summed E-state index contributed by atoms with van der Waals surface area (Å²) in [5.74, 6) is 0.394. The molecule has 74 valence electrons. The molecule has 0 radical (unpaired) electrons. The minimum Gasteiger partial charge on any atom is -0.455 e. The lowest BCUT2D eigenvalue weighted by Crippen LogP contribution is -2.01. The molecule has 0 unspecified atom stereocenters. The Morgan fingerprint density at radius 3 is 2.86 bits per heavy atom. The summed E-state index contributed by atoms with van der Waals surface area (Å²) in [6.07, 6.45) is 4.10. The standard InChI is InChI=1S/C10H13N3O/c1-5-8-7-14-10(12-8)9(11-2)6-13(3)4/h6-7H,5H2,1,3-4H3/b9-6-. The Hall–Kier alpha value is -1.76. The highest BCUT2D eigenvalue weighted by Gasteiger charge is 2.08. The summed E-state index contributed by atoms with van der Waals surface area (Å²) in [5, 5.41) is 0. The summed E-state index contributed by atoms with van der Waals surface area (Å²) in [4.78, 5) is 9.33. The van der Waals surface area contributed by atoms with Crippen molar-refractivity contribution in [1.82, 2.24) is 9.88 Å². The summed E-state index contributed by atoms with van der Waals surface area (Å²) < 4.78 is 5.19. The Morgan fingerprint density at radius 2 is 2.43 bits per heavy atom. The second-order valence-electron chi connectivity index (χ2n) is 3.09. The van der Waals surface area contributed by atoms with Crippen LogP contribution in [0.4, 0.5) is 0 Å². The molecule has 0 spiro atoms. The van der Waals surface area contributed by atoms with Crippen LogP contribution in [0.15, 0.2) is 16.9 Å².